The molecule has 0 bridgehead atoms. The number of hydrogen-bond acceptors (Lipinski definition) is 6. The Balaban J connectivity index is 1.63. The average molecular weight is 353 g/mol. The normalized spacial score (nSPS) is 19.2. The molecular formula is C19H23N5O2. The van der Waals surface area contributed by atoms with Crippen LogP contribution in [-0.4, -0.2) is 41.7 Å². The first-order valence-corrected chi connectivity index (χ1v) is 9.07. The third-order valence-corrected chi connectivity index (χ3v) is 4.89. The van der Waals surface area contributed by atoms with Crippen LogP contribution < -0.4 is 16.4 Å². The van der Waals surface area contributed by atoms with Gasteiger partial charge in [-0.15, -0.1) is 0 Å². The van der Waals surface area contributed by atoms with Crippen molar-refractivity contribution in [2.75, 3.05) is 25.0 Å². The molecule has 1 saturated heterocycles. The minimum Gasteiger partial charge on any atom is -0.376 e. The highest BCUT2D eigenvalue weighted by molar-refractivity contribution is 5.93. The van der Waals surface area contributed by atoms with E-state index in [4.69, 9.17) is 20.4 Å². The molecule has 26 heavy (non-hydrogen) atoms. The van der Waals surface area contributed by atoms with E-state index in [-0.39, 0.29) is 6.10 Å². The first kappa shape index (κ1) is 16.9. The minimum absolute atomic E-state index is 0.251. The van der Waals surface area contributed by atoms with Gasteiger partial charge in [-0.3, -0.25) is 4.79 Å². The van der Waals surface area contributed by atoms with Crippen molar-refractivity contribution in [1.82, 2.24) is 15.3 Å². The van der Waals surface area contributed by atoms with E-state index >= 15 is 0 Å². The van der Waals surface area contributed by atoms with Gasteiger partial charge in [0.1, 0.15) is 5.82 Å². The first-order valence-electron chi connectivity index (χ1n) is 9.07. The molecule has 2 aromatic rings. The fourth-order valence-corrected chi connectivity index (χ4v) is 3.43. The van der Waals surface area contributed by atoms with Crippen LogP contribution in [0.1, 0.15) is 34.5 Å². The molecule has 2 aliphatic rings. The number of rotatable bonds is 5. The lowest BCUT2D eigenvalue weighted by atomic mass is 10.1. The van der Waals surface area contributed by atoms with Crippen molar-refractivity contribution in [3.8, 4) is 11.4 Å². The summed E-state index contributed by atoms with van der Waals surface area (Å²) in [7, 11) is 0. The lowest BCUT2D eigenvalue weighted by Crippen LogP contribution is -2.28. The molecule has 4 N–H and O–H groups in total. The maximum absolute atomic E-state index is 11.3. The SMILES string of the molecule is NC(=O)c1ccc(-c2nc3c(c(NC[C@@H]4CCCO4)n2)CCNC3)cc1. The van der Waals surface area contributed by atoms with Crippen LogP contribution in [0.5, 0.6) is 0 Å². The van der Waals surface area contributed by atoms with Crippen LogP contribution in [0.4, 0.5) is 5.82 Å². The molecule has 4 rings (SSSR count). The van der Waals surface area contributed by atoms with Gasteiger partial charge in [-0.2, -0.15) is 0 Å². The van der Waals surface area contributed by atoms with Crippen molar-refractivity contribution in [3.05, 3.63) is 41.1 Å². The van der Waals surface area contributed by atoms with Crippen LogP contribution in [0.15, 0.2) is 24.3 Å². The number of nitrogens with zero attached hydrogens (tertiary/aromatic N) is 2. The Hall–Kier alpha value is -2.51. The second-order valence-corrected chi connectivity index (χ2v) is 6.71. The number of carbonyl (C=O) groups is 1. The molecule has 1 aromatic heterocycles. The van der Waals surface area contributed by atoms with E-state index in [2.05, 4.69) is 10.6 Å². The van der Waals surface area contributed by atoms with Crippen LogP contribution in [0.25, 0.3) is 11.4 Å². The van der Waals surface area contributed by atoms with Gasteiger partial charge in [-0.05, 0) is 37.9 Å². The molecule has 0 spiro atoms. The van der Waals surface area contributed by atoms with Crippen LogP contribution in [0.2, 0.25) is 0 Å². The van der Waals surface area contributed by atoms with Gasteiger partial charge in [0, 0.05) is 36.4 Å². The van der Waals surface area contributed by atoms with E-state index in [1.807, 2.05) is 12.1 Å². The summed E-state index contributed by atoms with van der Waals surface area (Å²) in [6.07, 6.45) is 3.36. The molecule has 1 atom stereocenters. The first-order chi connectivity index (χ1) is 12.7. The third kappa shape index (κ3) is 3.54. The van der Waals surface area contributed by atoms with E-state index in [9.17, 15) is 4.79 Å². The molecule has 0 radical (unpaired) electrons. The zero-order valence-electron chi connectivity index (χ0n) is 14.6. The van der Waals surface area contributed by atoms with Crippen LogP contribution >= 0.6 is 0 Å². The van der Waals surface area contributed by atoms with Gasteiger partial charge in [0.05, 0.1) is 11.8 Å². The monoisotopic (exact) mass is 353 g/mol. The molecule has 0 unspecified atom stereocenters. The number of nitrogens with two attached hydrogens (primary N) is 1. The molecule has 1 aromatic carbocycles. The fraction of sp³-hybridized carbons (Fsp3) is 0.421. The van der Waals surface area contributed by atoms with Crippen molar-refractivity contribution in [1.29, 1.82) is 0 Å². The number of primary amides is 1. The zero-order chi connectivity index (χ0) is 17.9. The van der Waals surface area contributed by atoms with Crippen LogP contribution in [-0.2, 0) is 17.7 Å². The Morgan fingerprint density at radius 1 is 1.31 bits per heavy atom. The maximum atomic E-state index is 11.3. The second kappa shape index (κ2) is 7.39. The second-order valence-electron chi connectivity index (χ2n) is 6.71. The van der Waals surface area contributed by atoms with Gasteiger partial charge in [0.2, 0.25) is 5.91 Å². The molecule has 1 fully saturated rings. The third-order valence-electron chi connectivity index (χ3n) is 4.89. The number of anilines is 1. The minimum atomic E-state index is -0.439. The summed E-state index contributed by atoms with van der Waals surface area (Å²) in [4.78, 5) is 20.8. The zero-order valence-corrected chi connectivity index (χ0v) is 14.6. The number of amides is 1. The summed E-state index contributed by atoms with van der Waals surface area (Å²) >= 11 is 0. The Kier molecular flexibility index (Phi) is 4.81. The Morgan fingerprint density at radius 2 is 2.15 bits per heavy atom. The van der Waals surface area contributed by atoms with E-state index in [0.717, 1.165) is 62.6 Å². The van der Waals surface area contributed by atoms with E-state index in [0.29, 0.717) is 11.4 Å². The van der Waals surface area contributed by atoms with Gasteiger partial charge < -0.3 is 21.1 Å². The van der Waals surface area contributed by atoms with Gasteiger partial charge in [-0.25, -0.2) is 9.97 Å². The van der Waals surface area contributed by atoms with Crippen molar-refractivity contribution in [2.24, 2.45) is 5.73 Å². The summed E-state index contributed by atoms with van der Waals surface area (Å²) in [6.45, 7) is 3.27. The van der Waals surface area contributed by atoms with E-state index in [1.54, 1.807) is 12.1 Å². The summed E-state index contributed by atoms with van der Waals surface area (Å²) in [6, 6.07) is 7.08. The van der Waals surface area contributed by atoms with E-state index in [1.165, 1.54) is 5.56 Å². The average Bonchev–Trinajstić information content (AvgIpc) is 3.19. The summed E-state index contributed by atoms with van der Waals surface area (Å²) < 4.78 is 5.71. The Morgan fingerprint density at radius 3 is 2.88 bits per heavy atom. The number of fused-ring (bicyclic) bond motifs is 1. The highest BCUT2D eigenvalue weighted by Gasteiger charge is 2.20. The highest BCUT2D eigenvalue weighted by Crippen LogP contribution is 2.25. The predicted molar refractivity (Wildman–Crippen MR) is 98.9 cm³/mol. The summed E-state index contributed by atoms with van der Waals surface area (Å²) in [5.74, 6) is 1.10. The van der Waals surface area contributed by atoms with Crippen LogP contribution in [0, 0.1) is 0 Å². The Labute approximate surface area is 152 Å². The molecule has 3 heterocycles. The molecule has 0 saturated carbocycles. The molecule has 1 amide bonds. The van der Waals surface area contributed by atoms with Gasteiger partial charge in [-0.1, -0.05) is 12.1 Å². The van der Waals surface area contributed by atoms with Crippen molar-refractivity contribution in [2.45, 2.75) is 31.9 Å². The standard InChI is InChI=1S/C19H23N5O2/c20-17(25)12-3-5-13(6-4-12)18-23-16-11-21-8-7-15(16)19(24-18)22-10-14-2-1-9-26-14/h3-6,14,21H,1-2,7-11H2,(H2,20,25)(H,22,23,24)/t14-/m0/s1. The summed E-state index contributed by atoms with van der Waals surface area (Å²) in [5, 5.41) is 6.84. The topological polar surface area (TPSA) is 102 Å². The lowest BCUT2D eigenvalue weighted by Gasteiger charge is -2.21. The predicted octanol–water partition coefficient (Wildman–Crippen LogP) is 1.48. The smallest absolute Gasteiger partial charge is 0.248 e. The fourth-order valence-electron chi connectivity index (χ4n) is 3.43. The highest BCUT2D eigenvalue weighted by atomic mass is 16.5. The number of aromatic nitrogens is 2. The molecule has 136 valence electrons. The molecule has 2 aliphatic heterocycles. The van der Waals surface area contributed by atoms with Crippen molar-refractivity contribution >= 4 is 11.7 Å². The van der Waals surface area contributed by atoms with Gasteiger partial charge >= 0.3 is 0 Å². The number of ether oxygens (including phenoxy) is 1. The maximum Gasteiger partial charge on any atom is 0.248 e. The number of nitrogens with one attached hydrogen (secondary N) is 2. The summed E-state index contributed by atoms with van der Waals surface area (Å²) in [5.41, 5.74) is 8.86. The molecular weight excluding hydrogens is 330 g/mol. The van der Waals surface area contributed by atoms with Gasteiger partial charge in [0.15, 0.2) is 5.82 Å². The number of benzene rings is 1. The van der Waals surface area contributed by atoms with Gasteiger partial charge in [0.25, 0.3) is 0 Å². The largest absolute Gasteiger partial charge is 0.376 e. The quantitative estimate of drug-likeness (QED) is 0.752. The molecule has 7 nitrogen and oxygen atoms in total. The number of hydrogen-bond donors (Lipinski definition) is 3. The van der Waals surface area contributed by atoms with Crippen molar-refractivity contribution in [3.63, 3.8) is 0 Å². The van der Waals surface area contributed by atoms with E-state index < -0.39 is 5.91 Å². The van der Waals surface area contributed by atoms with Crippen LogP contribution in [0.3, 0.4) is 0 Å². The molecule has 7 heteroatoms. The molecule has 0 aliphatic carbocycles. The Bertz CT molecular complexity index is 800. The number of carbonyl (C=O) groups excluding carboxylic acids is 1. The van der Waals surface area contributed by atoms with Crippen molar-refractivity contribution < 1.29 is 9.53 Å². The lowest BCUT2D eigenvalue weighted by molar-refractivity contribution is 0.1000.